The highest BCUT2D eigenvalue weighted by Crippen LogP contribution is 2.19. The van der Waals surface area contributed by atoms with Crippen LogP contribution in [0.4, 0.5) is 10.1 Å². The minimum Gasteiger partial charge on any atom is -0.368 e. The lowest BCUT2D eigenvalue weighted by Crippen LogP contribution is -2.27. The van der Waals surface area contributed by atoms with E-state index in [1.807, 2.05) is 0 Å². The Morgan fingerprint density at radius 3 is 2.92 bits per heavy atom. The van der Waals surface area contributed by atoms with E-state index >= 15 is 0 Å². The summed E-state index contributed by atoms with van der Waals surface area (Å²) in [6, 6.07) is 4.45. The topological polar surface area (TPSA) is 70.6 Å². The van der Waals surface area contributed by atoms with Gasteiger partial charge in [0.15, 0.2) is 0 Å². The molecule has 4 nitrogen and oxygen atoms in total. The lowest BCUT2D eigenvalue weighted by atomic mass is 10.2. The number of nitrogens with zero attached hydrogens (tertiary/aromatic N) is 1. The Labute approximate surface area is 74.9 Å². The van der Waals surface area contributed by atoms with Gasteiger partial charge in [0.2, 0.25) is 5.96 Å². The normalized spacial score (nSPS) is 11.5. The van der Waals surface area contributed by atoms with Crippen molar-refractivity contribution < 1.29 is 9.60 Å². The fourth-order valence-corrected chi connectivity index (χ4v) is 0.872. The Balaban J connectivity index is 3.09. The molecule has 0 aromatic heterocycles. The molecule has 0 aliphatic heterocycles. The van der Waals surface area contributed by atoms with E-state index < -0.39 is 0 Å². The molecular weight excluding hydrogens is 173 g/mol. The maximum atomic E-state index is 12.9. The molecule has 0 bridgehead atoms. The summed E-state index contributed by atoms with van der Waals surface area (Å²) in [5, 5.41) is 8.36. The third-order valence-electron chi connectivity index (χ3n) is 1.59. The summed E-state index contributed by atoms with van der Waals surface area (Å²) in [5.74, 6) is -0.527. The van der Waals surface area contributed by atoms with Crippen LogP contribution in [0.5, 0.6) is 0 Å². The van der Waals surface area contributed by atoms with Crippen LogP contribution in [0.15, 0.2) is 23.2 Å². The van der Waals surface area contributed by atoms with Crippen molar-refractivity contribution in [2.75, 3.05) is 0 Å². The summed E-state index contributed by atoms with van der Waals surface area (Å²) < 4.78 is 12.9. The van der Waals surface area contributed by atoms with Crippen molar-refractivity contribution >= 4 is 11.6 Å². The summed E-state index contributed by atoms with van der Waals surface area (Å²) in [5.41, 5.74) is 7.63. The quantitative estimate of drug-likeness (QED) is 0.346. The van der Waals surface area contributed by atoms with Gasteiger partial charge in [0.1, 0.15) is 5.82 Å². The summed E-state index contributed by atoms with van der Waals surface area (Å²) in [4.78, 5) is 3.73. The van der Waals surface area contributed by atoms with Crippen LogP contribution in [0.25, 0.3) is 0 Å². The van der Waals surface area contributed by atoms with Gasteiger partial charge in [-0.2, -0.15) is 0 Å². The molecule has 0 heterocycles. The van der Waals surface area contributed by atoms with E-state index in [4.69, 9.17) is 10.9 Å². The Morgan fingerprint density at radius 2 is 2.31 bits per heavy atom. The zero-order valence-electron chi connectivity index (χ0n) is 7.08. The molecule has 0 radical (unpaired) electrons. The average molecular weight is 183 g/mol. The molecule has 1 rings (SSSR count). The summed E-state index contributed by atoms with van der Waals surface area (Å²) in [6.45, 7) is 1.58. The van der Waals surface area contributed by atoms with E-state index in [-0.39, 0.29) is 11.8 Å². The molecule has 1 aromatic rings. The molecule has 0 aliphatic carbocycles. The molecule has 1 aromatic carbocycles. The molecule has 13 heavy (non-hydrogen) atoms. The van der Waals surface area contributed by atoms with Gasteiger partial charge in [0.25, 0.3) is 0 Å². The van der Waals surface area contributed by atoms with Crippen LogP contribution in [0.3, 0.4) is 0 Å². The van der Waals surface area contributed by atoms with Gasteiger partial charge >= 0.3 is 0 Å². The molecular formula is C8H10FN3O. The number of hydroxylamine groups is 1. The lowest BCUT2D eigenvalue weighted by molar-refractivity contribution is 0.233. The molecule has 0 fully saturated rings. The van der Waals surface area contributed by atoms with Gasteiger partial charge in [-0.25, -0.2) is 14.9 Å². The van der Waals surface area contributed by atoms with Crippen LogP contribution in [0.1, 0.15) is 5.56 Å². The molecule has 0 atom stereocenters. The SMILES string of the molecule is Cc1c(F)cccc1N=C(N)NO. The Hall–Kier alpha value is -1.62. The molecule has 0 saturated heterocycles. The number of rotatable bonds is 1. The number of guanidine groups is 1. The highest BCUT2D eigenvalue weighted by molar-refractivity contribution is 5.80. The first-order valence-corrected chi connectivity index (χ1v) is 3.64. The minimum absolute atomic E-state index is 0.172. The number of halogens is 1. The average Bonchev–Trinajstić information content (AvgIpc) is 2.13. The van der Waals surface area contributed by atoms with Crippen LogP contribution < -0.4 is 11.2 Å². The van der Waals surface area contributed by atoms with Crippen molar-refractivity contribution in [1.29, 1.82) is 0 Å². The summed E-state index contributed by atoms with van der Waals surface area (Å²) in [7, 11) is 0. The largest absolute Gasteiger partial charge is 0.368 e. The van der Waals surface area contributed by atoms with Gasteiger partial charge in [-0.1, -0.05) is 6.07 Å². The second-order valence-electron chi connectivity index (χ2n) is 2.49. The van der Waals surface area contributed by atoms with Gasteiger partial charge in [-0.3, -0.25) is 5.21 Å². The highest BCUT2D eigenvalue weighted by Gasteiger charge is 2.01. The van der Waals surface area contributed by atoms with E-state index in [1.54, 1.807) is 18.5 Å². The predicted octanol–water partition coefficient (Wildman–Crippen LogP) is 1.06. The highest BCUT2D eigenvalue weighted by atomic mass is 19.1. The molecule has 0 amide bonds. The van der Waals surface area contributed by atoms with Crippen LogP contribution in [-0.2, 0) is 0 Å². The van der Waals surface area contributed by atoms with Crippen LogP contribution in [0, 0.1) is 12.7 Å². The standard InChI is InChI=1S/C8H10FN3O/c1-5-6(9)3-2-4-7(5)11-8(10)12-13/h2-4,13H,1H3,(H3,10,11,12). The van der Waals surface area contributed by atoms with Crippen molar-refractivity contribution in [2.24, 2.45) is 10.7 Å². The van der Waals surface area contributed by atoms with E-state index in [0.717, 1.165) is 0 Å². The lowest BCUT2D eigenvalue weighted by Gasteiger charge is -2.02. The molecule has 0 unspecified atom stereocenters. The monoisotopic (exact) mass is 183 g/mol. The Bertz CT molecular complexity index is 338. The molecule has 0 aliphatic rings. The number of nitrogens with one attached hydrogen (secondary N) is 1. The van der Waals surface area contributed by atoms with Crippen molar-refractivity contribution in [2.45, 2.75) is 6.92 Å². The summed E-state index contributed by atoms with van der Waals surface area (Å²) >= 11 is 0. The zero-order chi connectivity index (χ0) is 9.84. The first-order chi connectivity index (χ1) is 6.15. The smallest absolute Gasteiger partial charge is 0.218 e. The minimum atomic E-state index is -0.355. The van der Waals surface area contributed by atoms with E-state index in [2.05, 4.69) is 4.99 Å². The van der Waals surface area contributed by atoms with Gasteiger partial charge < -0.3 is 5.73 Å². The van der Waals surface area contributed by atoms with Crippen molar-refractivity contribution in [3.05, 3.63) is 29.6 Å². The third-order valence-corrected chi connectivity index (χ3v) is 1.59. The van der Waals surface area contributed by atoms with Crippen LogP contribution in [0.2, 0.25) is 0 Å². The van der Waals surface area contributed by atoms with E-state index in [0.29, 0.717) is 11.3 Å². The molecule has 70 valence electrons. The maximum absolute atomic E-state index is 12.9. The number of hydrogen-bond donors (Lipinski definition) is 3. The second-order valence-corrected chi connectivity index (χ2v) is 2.49. The number of nitrogens with two attached hydrogens (primary N) is 1. The fraction of sp³-hybridized carbons (Fsp3) is 0.125. The first kappa shape index (κ1) is 9.47. The Kier molecular flexibility index (Phi) is 2.81. The van der Waals surface area contributed by atoms with Crippen molar-refractivity contribution in [3.8, 4) is 0 Å². The second kappa shape index (κ2) is 3.86. The first-order valence-electron chi connectivity index (χ1n) is 3.64. The number of benzene rings is 1. The molecule has 4 N–H and O–H groups in total. The van der Waals surface area contributed by atoms with E-state index in [9.17, 15) is 4.39 Å². The van der Waals surface area contributed by atoms with E-state index in [1.165, 1.54) is 12.1 Å². The van der Waals surface area contributed by atoms with Crippen LogP contribution in [-0.4, -0.2) is 11.2 Å². The zero-order valence-corrected chi connectivity index (χ0v) is 7.08. The van der Waals surface area contributed by atoms with Crippen molar-refractivity contribution in [1.82, 2.24) is 5.48 Å². The van der Waals surface area contributed by atoms with Gasteiger partial charge in [-0.05, 0) is 19.1 Å². The fourth-order valence-electron chi connectivity index (χ4n) is 0.872. The molecule has 0 spiro atoms. The van der Waals surface area contributed by atoms with Crippen molar-refractivity contribution in [3.63, 3.8) is 0 Å². The third kappa shape index (κ3) is 2.16. The van der Waals surface area contributed by atoms with Gasteiger partial charge in [-0.15, -0.1) is 0 Å². The van der Waals surface area contributed by atoms with Gasteiger partial charge in [0.05, 0.1) is 5.69 Å². The number of hydrogen-bond acceptors (Lipinski definition) is 2. The predicted molar refractivity (Wildman–Crippen MR) is 47.3 cm³/mol. The number of aliphatic imine (C=N–C) groups is 1. The van der Waals surface area contributed by atoms with Gasteiger partial charge in [0, 0.05) is 5.56 Å². The van der Waals surface area contributed by atoms with Crippen LogP contribution >= 0.6 is 0 Å². The maximum Gasteiger partial charge on any atom is 0.218 e. The molecule has 5 heteroatoms. The summed E-state index contributed by atoms with van der Waals surface area (Å²) in [6.07, 6.45) is 0. The Morgan fingerprint density at radius 1 is 1.62 bits per heavy atom. The molecule has 0 saturated carbocycles.